The number of rotatable bonds is 5. The first-order chi connectivity index (χ1) is 10.0. The Hall–Kier alpha value is -1.45. The zero-order chi connectivity index (χ0) is 15.4. The quantitative estimate of drug-likeness (QED) is 0.835. The van der Waals surface area contributed by atoms with Gasteiger partial charge in [-0.1, -0.05) is 36.7 Å². The number of nitrogens with one attached hydrogen (secondary N) is 1. The third-order valence-electron chi connectivity index (χ3n) is 3.43. The molecular formula is C17H18ClF2N. The molecule has 0 amide bonds. The van der Waals surface area contributed by atoms with Crippen molar-refractivity contribution in [1.29, 1.82) is 0 Å². The maximum atomic E-state index is 14.0. The second kappa shape index (κ2) is 7.01. The molecule has 0 radical (unpaired) electrons. The van der Waals surface area contributed by atoms with Crippen LogP contribution in [0.5, 0.6) is 0 Å². The van der Waals surface area contributed by atoms with Crippen molar-refractivity contribution in [3.05, 3.63) is 69.7 Å². The van der Waals surface area contributed by atoms with Gasteiger partial charge in [0.05, 0.1) is 0 Å². The lowest BCUT2D eigenvalue weighted by Gasteiger charge is -2.20. The summed E-state index contributed by atoms with van der Waals surface area (Å²) in [5.74, 6) is -1.08. The molecule has 2 aromatic rings. The van der Waals surface area contributed by atoms with Gasteiger partial charge in [-0.3, -0.25) is 0 Å². The molecule has 112 valence electrons. The molecule has 0 spiro atoms. The molecule has 0 saturated heterocycles. The summed E-state index contributed by atoms with van der Waals surface area (Å²) in [6, 6.07) is 9.19. The van der Waals surface area contributed by atoms with Crippen LogP contribution in [0.1, 0.15) is 29.7 Å². The zero-order valence-electron chi connectivity index (χ0n) is 12.1. The van der Waals surface area contributed by atoms with E-state index in [1.165, 1.54) is 18.2 Å². The smallest absolute Gasteiger partial charge is 0.130 e. The second-order valence-electron chi connectivity index (χ2n) is 5.04. The molecule has 1 unspecified atom stereocenters. The molecule has 21 heavy (non-hydrogen) atoms. The number of hydrogen-bond donors (Lipinski definition) is 1. The van der Waals surface area contributed by atoms with Gasteiger partial charge in [-0.05, 0) is 49.2 Å². The minimum atomic E-state index is -0.538. The lowest BCUT2D eigenvalue weighted by atomic mass is 9.97. The Bertz CT molecular complexity index is 608. The maximum absolute atomic E-state index is 14.0. The molecule has 0 fully saturated rings. The van der Waals surface area contributed by atoms with E-state index < -0.39 is 17.7 Å². The Morgan fingerprint density at radius 1 is 1.14 bits per heavy atom. The van der Waals surface area contributed by atoms with Gasteiger partial charge in [0.2, 0.25) is 0 Å². The fourth-order valence-electron chi connectivity index (χ4n) is 2.40. The van der Waals surface area contributed by atoms with Crippen LogP contribution in [0.2, 0.25) is 5.02 Å². The highest BCUT2D eigenvalue weighted by Crippen LogP contribution is 2.27. The summed E-state index contributed by atoms with van der Waals surface area (Å²) in [4.78, 5) is 0. The van der Waals surface area contributed by atoms with Crippen LogP contribution >= 0.6 is 11.6 Å². The number of halogens is 3. The van der Waals surface area contributed by atoms with Gasteiger partial charge < -0.3 is 5.32 Å². The van der Waals surface area contributed by atoms with E-state index in [9.17, 15) is 8.78 Å². The van der Waals surface area contributed by atoms with Gasteiger partial charge in [0.15, 0.2) is 0 Å². The van der Waals surface area contributed by atoms with Gasteiger partial charge in [0, 0.05) is 16.6 Å². The number of benzene rings is 2. The SMILES string of the molecule is CCNC(Cc1ccc(C)cc1Cl)c1c(F)cccc1F. The van der Waals surface area contributed by atoms with E-state index in [1.807, 2.05) is 32.0 Å². The second-order valence-corrected chi connectivity index (χ2v) is 5.45. The molecule has 1 nitrogen and oxygen atoms in total. The van der Waals surface area contributed by atoms with E-state index in [1.54, 1.807) is 0 Å². The van der Waals surface area contributed by atoms with Gasteiger partial charge in [-0.2, -0.15) is 0 Å². The third kappa shape index (κ3) is 3.80. The van der Waals surface area contributed by atoms with Crippen LogP contribution in [-0.4, -0.2) is 6.54 Å². The monoisotopic (exact) mass is 309 g/mol. The highest BCUT2D eigenvalue weighted by molar-refractivity contribution is 6.31. The fraction of sp³-hybridized carbons (Fsp3) is 0.294. The van der Waals surface area contributed by atoms with Crippen LogP contribution in [-0.2, 0) is 6.42 Å². The largest absolute Gasteiger partial charge is 0.310 e. The van der Waals surface area contributed by atoms with Crippen LogP contribution < -0.4 is 5.32 Å². The molecule has 0 aliphatic carbocycles. The summed E-state index contributed by atoms with van der Waals surface area (Å²) < 4.78 is 28.0. The molecule has 0 aromatic heterocycles. The van der Waals surface area contributed by atoms with Crippen LogP contribution in [0.3, 0.4) is 0 Å². The first-order valence-electron chi connectivity index (χ1n) is 6.95. The molecule has 0 bridgehead atoms. The van der Waals surface area contributed by atoms with E-state index in [2.05, 4.69) is 5.32 Å². The van der Waals surface area contributed by atoms with E-state index in [-0.39, 0.29) is 5.56 Å². The van der Waals surface area contributed by atoms with Crippen molar-refractivity contribution in [1.82, 2.24) is 5.32 Å². The summed E-state index contributed by atoms with van der Waals surface area (Å²) in [7, 11) is 0. The predicted octanol–water partition coefficient (Wildman–Crippen LogP) is 4.82. The van der Waals surface area contributed by atoms with Crippen molar-refractivity contribution in [2.24, 2.45) is 0 Å². The van der Waals surface area contributed by atoms with Gasteiger partial charge in [-0.25, -0.2) is 8.78 Å². The molecule has 4 heteroatoms. The number of aryl methyl sites for hydroxylation is 1. The highest BCUT2D eigenvalue weighted by atomic mass is 35.5. The standard InChI is InChI=1S/C17H18ClF2N/c1-3-21-16(17-14(19)5-4-6-15(17)20)10-12-8-7-11(2)9-13(12)18/h4-9,16,21H,3,10H2,1-2H3. The molecule has 2 aromatic carbocycles. The Morgan fingerprint density at radius 3 is 2.38 bits per heavy atom. The molecule has 0 aliphatic rings. The van der Waals surface area contributed by atoms with Gasteiger partial charge in [0.1, 0.15) is 11.6 Å². The lowest BCUT2D eigenvalue weighted by molar-refractivity contribution is 0.473. The summed E-state index contributed by atoms with van der Waals surface area (Å²) in [5.41, 5.74) is 1.99. The molecule has 2 rings (SSSR count). The summed E-state index contributed by atoms with van der Waals surface area (Å²) in [5, 5.41) is 3.75. The van der Waals surface area contributed by atoms with Crippen molar-refractivity contribution in [2.75, 3.05) is 6.54 Å². The van der Waals surface area contributed by atoms with Crippen LogP contribution in [0.25, 0.3) is 0 Å². The summed E-state index contributed by atoms with van der Waals surface area (Å²) in [6.07, 6.45) is 0.435. The Balaban J connectivity index is 2.35. The third-order valence-corrected chi connectivity index (χ3v) is 3.78. The Morgan fingerprint density at radius 2 is 1.81 bits per heavy atom. The van der Waals surface area contributed by atoms with E-state index in [0.29, 0.717) is 18.0 Å². The predicted molar refractivity (Wildman–Crippen MR) is 82.7 cm³/mol. The van der Waals surface area contributed by atoms with Crippen LogP contribution in [0.15, 0.2) is 36.4 Å². The van der Waals surface area contributed by atoms with Crippen LogP contribution in [0, 0.1) is 18.6 Å². The van der Waals surface area contributed by atoms with Gasteiger partial charge >= 0.3 is 0 Å². The van der Waals surface area contributed by atoms with Crippen molar-refractivity contribution in [3.63, 3.8) is 0 Å². The summed E-state index contributed by atoms with van der Waals surface area (Å²) in [6.45, 7) is 4.47. The molecule has 1 atom stereocenters. The minimum absolute atomic E-state index is 0.0657. The average Bonchev–Trinajstić information content (AvgIpc) is 2.41. The van der Waals surface area contributed by atoms with Crippen molar-refractivity contribution in [3.8, 4) is 0 Å². The molecule has 1 N–H and O–H groups in total. The zero-order valence-corrected chi connectivity index (χ0v) is 12.8. The average molecular weight is 310 g/mol. The molecule has 0 saturated carbocycles. The number of hydrogen-bond acceptors (Lipinski definition) is 1. The molecule has 0 heterocycles. The van der Waals surface area contributed by atoms with E-state index in [4.69, 9.17) is 11.6 Å². The first-order valence-corrected chi connectivity index (χ1v) is 7.33. The highest BCUT2D eigenvalue weighted by Gasteiger charge is 2.20. The van der Waals surface area contributed by atoms with Gasteiger partial charge in [0.25, 0.3) is 0 Å². The molecular weight excluding hydrogens is 292 g/mol. The fourth-order valence-corrected chi connectivity index (χ4v) is 2.72. The Kier molecular flexibility index (Phi) is 5.32. The van der Waals surface area contributed by atoms with Crippen molar-refractivity contribution >= 4 is 11.6 Å². The molecule has 0 aliphatic heterocycles. The Labute approximate surface area is 128 Å². The van der Waals surface area contributed by atoms with Crippen molar-refractivity contribution in [2.45, 2.75) is 26.3 Å². The van der Waals surface area contributed by atoms with Crippen molar-refractivity contribution < 1.29 is 8.78 Å². The lowest BCUT2D eigenvalue weighted by Crippen LogP contribution is -2.25. The van der Waals surface area contributed by atoms with E-state index in [0.717, 1.165) is 11.1 Å². The van der Waals surface area contributed by atoms with E-state index >= 15 is 0 Å². The number of likely N-dealkylation sites (N-methyl/N-ethyl adjacent to an activating group) is 1. The van der Waals surface area contributed by atoms with Gasteiger partial charge in [-0.15, -0.1) is 0 Å². The topological polar surface area (TPSA) is 12.0 Å². The normalized spacial score (nSPS) is 12.4. The summed E-state index contributed by atoms with van der Waals surface area (Å²) >= 11 is 6.23. The maximum Gasteiger partial charge on any atom is 0.130 e. The van der Waals surface area contributed by atoms with Crippen LogP contribution in [0.4, 0.5) is 8.78 Å². The minimum Gasteiger partial charge on any atom is -0.310 e. The first kappa shape index (κ1) is 15.9.